The van der Waals surface area contributed by atoms with E-state index in [2.05, 4.69) is 63.8 Å². The van der Waals surface area contributed by atoms with Crippen molar-refractivity contribution >= 4 is 145 Å². The number of rotatable bonds is 23. The summed E-state index contributed by atoms with van der Waals surface area (Å²) in [6.07, 6.45) is 3.80. The van der Waals surface area contributed by atoms with Crippen LogP contribution in [0.3, 0.4) is 0 Å². The number of aliphatic hydroxyl groups is 1. The molecule has 2 aliphatic rings. The van der Waals surface area contributed by atoms with Crippen molar-refractivity contribution in [1.82, 2.24) is 73.6 Å². The molecule has 0 saturated heterocycles. The number of carbonyl (C=O) groups is 9. The fraction of sp³-hybridized carbons (Fsp3) is 0.589. The Labute approximate surface area is 534 Å². The molecule has 86 heavy (non-hydrogen) atoms. The number of Topliss-reactive ketones (excluding diaryl/α,β-unsaturated/α-hetero) is 1. The maximum Gasteiger partial charge on any atom is 0.287 e. The monoisotopic (exact) mass is 1310 g/mol. The van der Waals surface area contributed by atoms with Crippen molar-refractivity contribution in [1.29, 1.82) is 0 Å². The van der Waals surface area contributed by atoms with Crippen LogP contribution in [0.1, 0.15) is 88.1 Å². The van der Waals surface area contributed by atoms with Crippen LogP contribution in [0, 0.1) is 11.8 Å². The highest BCUT2D eigenvalue weighted by molar-refractivity contribution is 8.02. The van der Waals surface area contributed by atoms with Gasteiger partial charge < -0.3 is 78.7 Å². The zero-order valence-corrected chi connectivity index (χ0v) is 56.0. The van der Waals surface area contributed by atoms with Gasteiger partial charge >= 0.3 is 0 Å². The van der Waals surface area contributed by atoms with E-state index in [0.29, 0.717) is 35.1 Å². The van der Waals surface area contributed by atoms with E-state index in [1.807, 2.05) is 20.1 Å². The second-order valence-corrected chi connectivity index (χ2v) is 26.0. The summed E-state index contributed by atoms with van der Waals surface area (Å²) in [7, 11) is 3.49. The lowest BCUT2D eigenvalue weighted by molar-refractivity contribution is -0.137. The van der Waals surface area contributed by atoms with Crippen LogP contribution >= 0.6 is 72.4 Å². The third-order valence-corrected chi connectivity index (χ3v) is 17.1. The van der Waals surface area contributed by atoms with Crippen molar-refractivity contribution in [2.45, 2.75) is 167 Å². The summed E-state index contributed by atoms with van der Waals surface area (Å²) in [6.45, 7) is 18.2. The highest BCUT2D eigenvalue weighted by atomic mass is 32.2. The Hall–Kier alpha value is -6.05. The van der Waals surface area contributed by atoms with Gasteiger partial charge in [0.25, 0.3) is 5.91 Å². The van der Waals surface area contributed by atoms with Gasteiger partial charge in [0.1, 0.15) is 48.4 Å². The van der Waals surface area contributed by atoms with Gasteiger partial charge in [-0.1, -0.05) is 114 Å². The molecule has 0 fully saturated rings. The van der Waals surface area contributed by atoms with E-state index in [1.54, 1.807) is 114 Å². The molecule has 0 unspecified atom stereocenters. The van der Waals surface area contributed by atoms with Crippen LogP contribution in [0.15, 0.2) is 53.8 Å². The Morgan fingerprint density at radius 3 is 1.85 bits per heavy atom. The molecule has 1 aromatic carbocycles. The maximum absolute atomic E-state index is 14.4. The SMILES string of the molecule is CSCC[C@H](NC(=S)[C@@H](NC(=O)C(C)=O)C(C)C)C(=S)N[C@@H](C)C(=O)N[C@H](C)C(=S)N[C@H](C)C(=S)N[C@@H](C)C(=O)N[C@@H]1C(=O)N[C@@H](C(C)C)C(=O)N[C@H](C)C(=O)N[C@H](Cc2ccccc2)C(=O)N[C@@H]([C@@H](O)C2=CN(C)CN2C)C(=O)N/C=C\S[C@@H]1C. The smallest absolute Gasteiger partial charge is 0.287 e. The van der Waals surface area contributed by atoms with Crippen molar-refractivity contribution in [3.05, 3.63) is 59.4 Å². The van der Waals surface area contributed by atoms with Crippen LogP contribution in [0.5, 0.6) is 0 Å². The van der Waals surface area contributed by atoms with Crippen LogP contribution in [-0.4, -0.2) is 198 Å². The molecular formula is C56H86N14O10S6. The number of nitrogens with zero attached hydrogens (tertiary/aromatic N) is 2. The minimum atomic E-state index is -1.58. The summed E-state index contributed by atoms with van der Waals surface area (Å²) in [5.41, 5.74) is 1.00. The molecule has 0 saturated carbocycles. The predicted molar refractivity (Wildman–Crippen MR) is 352 cm³/mol. The van der Waals surface area contributed by atoms with E-state index in [9.17, 15) is 48.3 Å². The number of ketones is 1. The fourth-order valence-electron chi connectivity index (χ4n) is 8.56. The number of benzene rings is 1. The molecule has 1 aromatic rings. The first-order valence-electron chi connectivity index (χ1n) is 28.1. The fourth-order valence-corrected chi connectivity index (χ4v) is 11.1. The van der Waals surface area contributed by atoms with Gasteiger partial charge in [-0.15, -0.1) is 11.8 Å². The molecule has 13 N–H and O–H groups in total. The third-order valence-electron chi connectivity index (χ3n) is 13.8. The van der Waals surface area contributed by atoms with Crippen molar-refractivity contribution in [3.8, 4) is 0 Å². The van der Waals surface area contributed by atoms with Gasteiger partial charge in [0.2, 0.25) is 47.1 Å². The Morgan fingerprint density at radius 1 is 0.698 bits per heavy atom. The van der Waals surface area contributed by atoms with Crippen molar-refractivity contribution in [2.75, 3.05) is 32.8 Å². The quantitative estimate of drug-likeness (QED) is 0.0517. The molecular weight excluding hydrogens is 1220 g/mol. The van der Waals surface area contributed by atoms with Gasteiger partial charge in [0, 0.05) is 45.1 Å². The van der Waals surface area contributed by atoms with E-state index < -0.39 is 137 Å². The number of hydrogen-bond acceptors (Lipinski definition) is 18. The van der Waals surface area contributed by atoms with Gasteiger partial charge in [-0.05, 0) is 75.9 Å². The lowest BCUT2D eigenvalue weighted by atomic mass is 10.0. The van der Waals surface area contributed by atoms with Gasteiger partial charge in [0.15, 0.2) is 0 Å². The standard InChI is InChI=1S/C56H86N14O10S6/c1-27(2)40-51(79)58-29(5)46(74)63-38(24-36-18-16-15-17-19-36)49(77)68-43(44(72)39-25-69(12)26-70(39)13)50(78)57-21-23-86-35(11)42(52(80)65-40)67-47(75)31(7)60-54(82)33(9)62-53(81)32(8)59-45(73)30(6)61-55(83)37(20-22-85-14)64-56(84)41(28(3)4)66-48(76)34(10)71/h15-19,21,23,25,27-33,35,37-38,40-44,72H,20,22,24,26H2,1-14H3,(H,57,78)(H,58,79)(H,59,73)(H,60,82)(H,61,83)(H,62,81)(H,63,74)(H,64,84)(H,65,80)(H,66,76)(H,67,75)(H,68,77)/b23-21-/t29-,30+,31+,32-,33-,35-,37+,38-,40+,41+,42+,43+,44+/m1/s1. The summed E-state index contributed by atoms with van der Waals surface area (Å²) in [6, 6.07) is -2.23. The molecule has 3 rings (SSSR count). The average Bonchev–Trinajstić information content (AvgIpc) is 3.37. The van der Waals surface area contributed by atoms with Crippen LogP contribution in [-0.2, 0) is 49.6 Å². The number of amides is 8. The molecule has 0 aliphatic carbocycles. The van der Waals surface area contributed by atoms with Gasteiger partial charge in [-0.2, -0.15) is 11.8 Å². The number of thioether (sulfide) groups is 2. The largest absolute Gasteiger partial charge is 0.384 e. The molecule has 2 aliphatic heterocycles. The van der Waals surface area contributed by atoms with E-state index in [1.165, 1.54) is 32.4 Å². The number of hydrogen-bond donors (Lipinski definition) is 13. The Balaban J connectivity index is 1.78. The predicted octanol–water partition coefficient (Wildman–Crippen LogP) is 0.278. The average molecular weight is 1310 g/mol. The van der Waals surface area contributed by atoms with E-state index in [4.69, 9.17) is 48.9 Å². The van der Waals surface area contributed by atoms with Gasteiger partial charge in [-0.3, -0.25) is 43.2 Å². The topological polar surface area (TPSA) is 325 Å². The zero-order chi connectivity index (χ0) is 64.9. The molecule has 2 heterocycles. The number of nitrogens with one attached hydrogen (secondary N) is 12. The first-order valence-corrected chi connectivity index (χ1v) is 32.0. The molecule has 13 atom stereocenters. The van der Waals surface area contributed by atoms with E-state index >= 15 is 0 Å². The highest BCUT2D eigenvalue weighted by Crippen LogP contribution is 2.21. The van der Waals surface area contributed by atoms with Crippen molar-refractivity contribution in [3.63, 3.8) is 0 Å². The normalized spacial score (nSPS) is 22.7. The minimum absolute atomic E-state index is 0.0185. The lowest BCUT2D eigenvalue weighted by Gasteiger charge is -2.30. The first kappa shape index (κ1) is 74.2. The summed E-state index contributed by atoms with van der Waals surface area (Å²) >= 11 is 25.4. The molecule has 0 spiro atoms. The number of likely N-dealkylation sites (N-methyl/N-ethyl adjacent to an activating group) is 1. The molecule has 8 amide bonds. The summed E-state index contributed by atoms with van der Waals surface area (Å²) in [5, 5.41) is 46.5. The Kier molecular flexibility index (Phi) is 30.8. The van der Waals surface area contributed by atoms with Crippen LogP contribution < -0.4 is 63.8 Å². The van der Waals surface area contributed by atoms with Crippen molar-refractivity contribution in [2.24, 2.45) is 11.8 Å². The molecule has 30 heteroatoms. The summed E-state index contributed by atoms with van der Waals surface area (Å²) in [5.74, 6) is -6.31. The molecule has 476 valence electrons. The zero-order valence-electron chi connectivity index (χ0n) is 51.1. The second-order valence-electron chi connectivity index (χ2n) is 21.9. The Morgan fingerprint density at radius 2 is 1.28 bits per heavy atom. The van der Waals surface area contributed by atoms with Crippen LogP contribution in [0.25, 0.3) is 0 Å². The molecule has 0 bridgehead atoms. The second kappa shape index (κ2) is 35.7. The third kappa shape index (κ3) is 23.2. The maximum atomic E-state index is 14.4. The highest BCUT2D eigenvalue weighted by Gasteiger charge is 2.39. The molecule has 24 nitrogen and oxygen atoms in total. The van der Waals surface area contributed by atoms with Crippen LogP contribution in [0.2, 0.25) is 0 Å². The Bertz CT molecular complexity index is 2710. The first-order chi connectivity index (χ1) is 40.3. The number of carbonyl (C=O) groups excluding carboxylic acids is 9. The molecule has 0 aromatic heterocycles. The van der Waals surface area contributed by atoms with Crippen LogP contribution in [0.4, 0.5) is 0 Å². The number of thiocarbonyl (C=S) groups is 4. The van der Waals surface area contributed by atoms with Crippen molar-refractivity contribution < 1.29 is 48.3 Å². The number of aliphatic hydroxyl groups excluding tert-OH is 1. The van der Waals surface area contributed by atoms with E-state index in [-0.39, 0.29) is 27.3 Å². The van der Waals surface area contributed by atoms with Gasteiger partial charge in [0.05, 0.1) is 56.5 Å². The van der Waals surface area contributed by atoms with Gasteiger partial charge in [-0.25, -0.2) is 0 Å². The minimum Gasteiger partial charge on any atom is -0.384 e. The summed E-state index contributed by atoms with van der Waals surface area (Å²) in [4.78, 5) is 127. The lowest BCUT2D eigenvalue weighted by Crippen LogP contribution is -2.62. The van der Waals surface area contributed by atoms with E-state index in [0.717, 1.165) is 11.8 Å². The molecule has 0 radical (unpaired) electrons. The summed E-state index contributed by atoms with van der Waals surface area (Å²) < 4.78 is 0.